The van der Waals surface area contributed by atoms with Crippen LogP contribution >= 0.6 is 0 Å². The molecule has 4 rings (SSSR count). The molecule has 0 unspecified atom stereocenters. The fourth-order valence-electron chi connectivity index (χ4n) is 4.21. The van der Waals surface area contributed by atoms with E-state index in [1.54, 1.807) is 0 Å². The molecule has 114 valence electrons. The highest BCUT2D eigenvalue weighted by Crippen LogP contribution is 2.52. The molecule has 1 saturated carbocycles. The Kier molecular flexibility index (Phi) is 2.90. The van der Waals surface area contributed by atoms with Crippen molar-refractivity contribution in [1.82, 2.24) is 4.90 Å². The molecule has 3 aliphatic rings. The fraction of sp³-hybridized carbons (Fsp3) is 0.444. The van der Waals surface area contributed by atoms with Crippen molar-refractivity contribution in [2.24, 2.45) is 23.7 Å². The minimum Gasteiger partial charge on any atom is -0.367 e. The summed E-state index contributed by atoms with van der Waals surface area (Å²) in [6.45, 7) is 4.33. The van der Waals surface area contributed by atoms with Crippen molar-refractivity contribution in [3.8, 4) is 0 Å². The number of fused-ring (bicyclic) bond motifs is 5. The van der Waals surface area contributed by atoms with Gasteiger partial charge in [0.1, 0.15) is 0 Å². The van der Waals surface area contributed by atoms with E-state index in [0.29, 0.717) is 0 Å². The summed E-state index contributed by atoms with van der Waals surface area (Å²) in [7, 11) is 0. The fourth-order valence-corrected chi connectivity index (χ4v) is 4.21. The number of nitrogens with one attached hydrogen (secondary N) is 1. The van der Waals surface area contributed by atoms with Crippen LogP contribution in [-0.2, 0) is 9.59 Å². The maximum atomic E-state index is 12.6. The third-order valence-corrected chi connectivity index (χ3v) is 5.38. The molecule has 1 heterocycles. The number of allylic oxidation sites excluding steroid dienone is 2. The zero-order valence-corrected chi connectivity index (χ0v) is 12.9. The molecule has 2 aliphatic carbocycles. The third kappa shape index (κ3) is 1.83. The first-order valence-corrected chi connectivity index (χ1v) is 7.91. The van der Waals surface area contributed by atoms with Crippen LogP contribution < -0.4 is 5.32 Å². The molecule has 1 saturated heterocycles. The molecule has 1 aromatic rings. The number of nitrogens with zero attached hydrogens (tertiary/aromatic N) is 1. The van der Waals surface area contributed by atoms with E-state index >= 15 is 0 Å². The molecule has 4 heteroatoms. The van der Waals surface area contributed by atoms with Gasteiger partial charge >= 0.3 is 0 Å². The summed E-state index contributed by atoms with van der Waals surface area (Å²) in [5.74, 6) is 0.342. The van der Waals surface area contributed by atoms with Crippen LogP contribution in [0.1, 0.15) is 17.5 Å². The van der Waals surface area contributed by atoms with Crippen molar-refractivity contribution in [1.29, 1.82) is 0 Å². The van der Waals surface area contributed by atoms with E-state index in [1.165, 1.54) is 4.90 Å². The molecule has 2 bridgehead atoms. The molecule has 22 heavy (non-hydrogen) atoms. The number of benzene rings is 1. The molecule has 4 nitrogen and oxygen atoms in total. The molecule has 1 N–H and O–H groups in total. The van der Waals surface area contributed by atoms with Crippen LogP contribution in [0.25, 0.3) is 0 Å². The Labute approximate surface area is 130 Å². The number of amides is 2. The van der Waals surface area contributed by atoms with Gasteiger partial charge in [0.25, 0.3) is 0 Å². The van der Waals surface area contributed by atoms with Crippen molar-refractivity contribution in [3.63, 3.8) is 0 Å². The van der Waals surface area contributed by atoms with E-state index < -0.39 is 0 Å². The van der Waals surface area contributed by atoms with E-state index in [-0.39, 0.29) is 42.2 Å². The number of imide groups is 1. The normalized spacial score (nSPS) is 32.0. The highest BCUT2D eigenvalue weighted by molar-refractivity contribution is 6.06. The van der Waals surface area contributed by atoms with Crippen molar-refractivity contribution < 1.29 is 9.59 Å². The zero-order chi connectivity index (χ0) is 15.4. The molecule has 1 aliphatic heterocycles. The number of rotatable bonds is 3. The summed E-state index contributed by atoms with van der Waals surface area (Å²) in [5, 5.41) is 3.26. The van der Waals surface area contributed by atoms with Gasteiger partial charge in [-0.1, -0.05) is 24.3 Å². The topological polar surface area (TPSA) is 49.4 Å². The minimum absolute atomic E-state index is 0.00431. The smallest absolute Gasteiger partial charge is 0.235 e. The Bertz CT molecular complexity index is 664. The largest absolute Gasteiger partial charge is 0.367 e. The summed E-state index contributed by atoms with van der Waals surface area (Å²) in [5.41, 5.74) is 3.26. The van der Waals surface area contributed by atoms with E-state index in [2.05, 4.69) is 23.5 Å². The van der Waals surface area contributed by atoms with Gasteiger partial charge in [0, 0.05) is 5.69 Å². The summed E-state index contributed by atoms with van der Waals surface area (Å²) in [6.07, 6.45) is 5.22. The van der Waals surface area contributed by atoms with Crippen LogP contribution in [0.2, 0.25) is 0 Å². The minimum atomic E-state index is -0.108. The molecule has 0 aromatic heterocycles. The molecule has 2 amide bonds. The first kappa shape index (κ1) is 13.6. The molecular formula is C18H20N2O2. The first-order chi connectivity index (χ1) is 10.6. The van der Waals surface area contributed by atoms with Crippen LogP contribution in [0.5, 0.6) is 0 Å². The third-order valence-electron chi connectivity index (χ3n) is 5.38. The second kappa shape index (κ2) is 4.70. The van der Waals surface area contributed by atoms with Crippen LogP contribution in [0.3, 0.4) is 0 Å². The molecular weight excluding hydrogens is 276 g/mol. The Morgan fingerprint density at radius 1 is 1.09 bits per heavy atom. The summed E-state index contributed by atoms with van der Waals surface area (Å²) < 4.78 is 0. The second-order valence-corrected chi connectivity index (χ2v) is 6.76. The van der Waals surface area contributed by atoms with E-state index in [4.69, 9.17) is 0 Å². The number of hydrogen-bond acceptors (Lipinski definition) is 3. The average Bonchev–Trinajstić information content (AvgIpc) is 3.16. The quantitative estimate of drug-likeness (QED) is 0.688. The number of carbonyl (C=O) groups is 2. The van der Waals surface area contributed by atoms with E-state index in [0.717, 1.165) is 23.2 Å². The SMILES string of the molecule is Cc1ccc(C)c(NCN2C(=O)[C@@H]3[C@H](C2=O)[C@H]2C=C[C@H]3C2)c1. The Balaban J connectivity index is 1.51. The predicted octanol–water partition coefficient (Wildman–Crippen LogP) is 2.48. The lowest BCUT2D eigenvalue weighted by Crippen LogP contribution is -2.37. The number of carbonyl (C=O) groups excluding carboxylic acids is 2. The van der Waals surface area contributed by atoms with Crippen LogP contribution in [-0.4, -0.2) is 23.4 Å². The van der Waals surface area contributed by atoms with Crippen molar-refractivity contribution in [3.05, 3.63) is 41.5 Å². The standard InChI is InChI=1S/C18H20N2O2/c1-10-3-4-11(2)14(7-10)19-9-20-17(21)15-12-5-6-13(8-12)16(15)18(20)22/h3-7,12-13,15-16,19H,8-9H2,1-2H3/t12-,13-,15-,16+/m0/s1. The van der Waals surface area contributed by atoms with Gasteiger partial charge in [-0.2, -0.15) is 0 Å². The lowest BCUT2D eigenvalue weighted by atomic mass is 9.85. The average molecular weight is 296 g/mol. The van der Waals surface area contributed by atoms with Crippen molar-refractivity contribution in [2.45, 2.75) is 20.3 Å². The van der Waals surface area contributed by atoms with Gasteiger partial charge in [-0.3, -0.25) is 14.5 Å². The maximum Gasteiger partial charge on any atom is 0.235 e. The maximum absolute atomic E-state index is 12.6. The van der Waals surface area contributed by atoms with Crippen LogP contribution in [0.15, 0.2) is 30.4 Å². The summed E-state index contributed by atoms with van der Waals surface area (Å²) in [4.78, 5) is 26.6. The van der Waals surface area contributed by atoms with Gasteiger partial charge in [-0.15, -0.1) is 0 Å². The summed E-state index contributed by atoms with van der Waals surface area (Å²) in [6, 6.07) is 6.15. The van der Waals surface area contributed by atoms with E-state index in [9.17, 15) is 9.59 Å². The van der Waals surface area contributed by atoms with Gasteiger partial charge in [-0.25, -0.2) is 0 Å². The number of anilines is 1. The molecule has 1 aromatic carbocycles. The molecule has 0 spiro atoms. The van der Waals surface area contributed by atoms with E-state index in [1.807, 2.05) is 26.0 Å². The second-order valence-electron chi connectivity index (χ2n) is 6.76. The van der Waals surface area contributed by atoms with Gasteiger partial charge in [0.05, 0.1) is 18.5 Å². The van der Waals surface area contributed by atoms with Gasteiger partial charge < -0.3 is 5.32 Å². The lowest BCUT2D eigenvalue weighted by Gasteiger charge is -2.19. The molecule has 4 atom stereocenters. The monoisotopic (exact) mass is 296 g/mol. The van der Waals surface area contributed by atoms with Gasteiger partial charge in [-0.05, 0) is 49.3 Å². The summed E-state index contributed by atoms with van der Waals surface area (Å²) >= 11 is 0. The first-order valence-electron chi connectivity index (χ1n) is 7.91. The number of likely N-dealkylation sites (tertiary alicyclic amines) is 1. The Morgan fingerprint density at radius 2 is 1.73 bits per heavy atom. The van der Waals surface area contributed by atoms with Crippen LogP contribution in [0.4, 0.5) is 5.69 Å². The predicted molar refractivity (Wildman–Crippen MR) is 84.0 cm³/mol. The highest BCUT2D eigenvalue weighted by Gasteiger charge is 2.59. The van der Waals surface area contributed by atoms with Crippen molar-refractivity contribution in [2.75, 3.05) is 12.0 Å². The zero-order valence-electron chi connectivity index (χ0n) is 12.9. The number of aryl methyl sites for hydroxylation is 2. The lowest BCUT2D eigenvalue weighted by molar-refractivity contribution is -0.140. The highest BCUT2D eigenvalue weighted by atomic mass is 16.2. The molecule has 0 radical (unpaired) electrons. The van der Waals surface area contributed by atoms with Crippen molar-refractivity contribution >= 4 is 17.5 Å². The molecule has 2 fully saturated rings. The van der Waals surface area contributed by atoms with Gasteiger partial charge in [0.15, 0.2) is 0 Å². The Morgan fingerprint density at radius 3 is 2.36 bits per heavy atom. The number of hydrogen-bond donors (Lipinski definition) is 1. The van der Waals surface area contributed by atoms with Gasteiger partial charge in [0.2, 0.25) is 11.8 Å². The van der Waals surface area contributed by atoms with Crippen LogP contribution in [0, 0.1) is 37.5 Å². The Hall–Kier alpha value is -2.10.